The fraction of sp³-hybridized carbons (Fsp3) is 0.350. The third-order valence-corrected chi connectivity index (χ3v) is 6.03. The van der Waals surface area contributed by atoms with Gasteiger partial charge in [-0.2, -0.15) is 0 Å². The first-order valence-corrected chi connectivity index (χ1v) is 10.00. The summed E-state index contributed by atoms with van der Waals surface area (Å²) >= 11 is 1.57. The molecule has 1 aliphatic heterocycles. The molecular weight excluding hydrogens is 360 g/mol. The average Bonchev–Trinajstić information content (AvgIpc) is 3.32. The molecule has 0 saturated carbocycles. The Hall–Kier alpha value is -2.51. The largest absolute Gasteiger partial charge is 0.336 e. The number of carbonyl (C=O) groups excluding carboxylic acids is 2. The van der Waals surface area contributed by atoms with Gasteiger partial charge in [0.2, 0.25) is 5.91 Å². The number of amides is 1. The summed E-state index contributed by atoms with van der Waals surface area (Å²) in [5.41, 5.74) is 0.726. The summed E-state index contributed by atoms with van der Waals surface area (Å²) in [6.07, 6.45) is 4.09. The highest BCUT2D eigenvalue weighted by Gasteiger charge is 2.30. The van der Waals surface area contributed by atoms with Crippen LogP contribution >= 0.6 is 11.3 Å². The number of hydrogen-bond acceptors (Lipinski definition) is 5. The van der Waals surface area contributed by atoms with E-state index in [-0.39, 0.29) is 30.6 Å². The van der Waals surface area contributed by atoms with E-state index in [0.717, 1.165) is 28.0 Å². The molecule has 6 nitrogen and oxygen atoms in total. The lowest BCUT2D eigenvalue weighted by atomic mass is 10.0. The van der Waals surface area contributed by atoms with E-state index in [1.54, 1.807) is 17.5 Å². The molecule has 1 unspecified atom stereocenters. The quantitative estimate of drug-likeness (QED) is 0.689. The molecule has 140 valence electrons. The number of carbonyl (C=O) groups is 2. The second-order valence-electron chi connectivity index (χ2n) is 6.77. The molecule has 1 amide bonds. The van der Waals surface area contributed by atoms with Gasteiger partial charge in [0.25, 0.3) is 0 Å². The molecule has 1 N–H and O–H groups in total. The second-order valence-corrected chi connectivity index (χ2v) is 7.68. The smallest absolute Gasteiger partial charge is 0.223 e. The van der Waals surface area contributed by atoms with Crippen LogP contribution in [-0.2, 0) is 11.8 Å². The number of piperazine rings is 1. The monoisotopic (exact) mass is 382 g/mol. The van der Waals surface area contributed by atoms with Crippen LogP contribution in [0.25, 0.3) is 10.1 Å². The summed E-state index contributed by atoms with van der Waals surface area (Å²) in [6.45, 7) is 2.07. The maximum Gasteiger partial charge on any atom is 0.223 e. The predicted molar refractivity (Wildman–Crippen MR) is 106 cm³/mol. The van der Waals surface area contributed by atoms with Crippen LogP contribution < -0.4 is 5.32 Å². The molecule has 1 fully saturated rings. The zero-order valence-electron chi connectivity index (χ0n) is 15.2. The topological polar surface area (TPSA) is 67.2 Å². The molecular formula is C20H22N4O2S. The normalized spacial score (nSPS) is 17.4. The van der Waals surface area contributed by atoms with E-state index in [2.05, 4.69) is 10.3 Å². The zero-order valence-corrected chi connectivity index (χ0v) is 16.0. The molecule has 2 aromatic heterocycles. The lowest BCUT2D eigenvalue weighted by Crippen LogP contribution is -2.49. The molecule has 0 bridgehead atoms. The molecule has 3 heterocycles. The Morgan fingerprint density at radius 1 is 1.30 bits per heavy atom. The molecule has 7 heteroatoms. The number of benzene rings is 1. The molecule has 1 aliphatic rings. The van der Waals surface area contributed by atoms with Crippen LogP contribution in [0, 0.1) is 0 Å². The van der Waals surface area contributed by atoms with Crippen molar-refractivity contribution in [2.24, 2.45) is 7.05 Å². The van der Waals surface area contributed by atoms with Gasteiger partial charge in [0.15, 0.2) is 5.78 Å². The molecule has 0 aliphatic carbocycles. The minimum atomic E-state index is -0.0941. The first kappa shape index (κ1) is 17.9. The van der Waals surface area contributed by atoms with E-state index in [9.17, 15) is 9.59 Å². The number of thiophene rings is 1. The first-order chi connectivity index (χ1) is 13.1. The van der Waals surface area contributed by atoms with Crippen molar-refractivity contribution in [3.8, 4) is 0 Å². The third-order valence-electron chi connectivity index (χ3n) is 5.07. The number of nitrogens with one attached hydrogen (secondary N) is 1. The molecule has 0 spiro atoms. The number of nitrogens with zero attached hydrogens (tertiary/aromatic N) is 3. The number of rotatable bonds is 5. The summed E-state index contributed by atoms with van der Waals surface area (Å²) in [5, 5.41) is 6.21. The minimum Gasteiger partial charge on any atom is -0.336 e. The van der Waals surface area contributed by atoms with Crippen molar-refractivity contribution in [3.05, 3.63) is 53.4 Å². The summed E-state index contributed by atoms with van der Waals surface area (Å²) in [4.78, 5) is 31.8. The Morgan fingerprint density at radius 2 is 2.15 bits per heavy atom. The van der Waals surface area contributed by atoms with Crippen molar-refractivity contribution in [3.63, 3.8) is 0 Å². The highest BCUT2D eigenvalue weighted by atomic mass is 32.1. The lowest BCUT2D eigenvalue weighted by Gasteiger charge is -2.35. The lowest BCUT2D eigenvalue weighted by molar-refractivity contribution is -0.134. The third kappa shape index (κ3) is 3.52. The van der Waals surface area contributed by atoms with Gasteiger partial charge in [-0.3, -0.25) is 9.59 Å². The number of aromatic nitrogens is 2. The van der Waals surface area contributed by atoms with E-state index in [1.807, 2.05) is 52.4 Å². The van der Waals surface area contributed by atoms with Crippen LogP contribution in [-0.4, -0.2) is 45.8 Å². The van der Waals surface area contributed by atoms with Gasteiger partial charge < -0.3 is 14.8 Å². The molecule has 0 radical (unpaired) electrons. The van der Waals surface area contributed by atoms with Gasteiger partial charge in [-0.1, -0.05) is 18.2 Å². The highest BCUT2D eigenvalue weighted by molar-refractivity contribution is 7.17. The number of Topliss-reactive ketones (excluding diaryl/α,β-unsaturated/α-hetero) is 1. The molecule has 1 atom stereocenters. The average molecular weight is 382 g/mol. The Kier molecular flexibility index (Phi) is 5.05. The fourth-order valence-corrected chi connectivity index (χ4v) is 4.59. The highest BCUT2D eigenvalue weighted by Crippen LogP contribution is 2.27. The Morgan fingerprint density at radius 3 is 2.96 bits per heavy atom. The van der Waals surface area contributed by atoms with Crippen molar-refractivity contribution in [2.45, 2.75) is 18.9 Å². The van der Waals surface area contributed by atoms with Crippen LogP contribution in [0.2, 0.25) is 0 Å². The van der Waals surface area contributed by atoms with Crippen LogP contribution in [0.15, 0.2) is 42.0 Å². The number of imidazole rings is 1. The first-order valence-electron chi connectivity index (χ1n) is 9.12. The van der Waals surface area contributed by atoms with Crippen molar-refractivity contribution in [2.75, 3.05) is 19.6 Å². The second kappa shape index (κ2) is 7.62. The van der Waals surface area contributed by atoms with E-state index < -0.39 is 0 Å². The van der Waals surface area contributed by atoms with Gasteiger partial charge in [0, 0.05) is 72.9 Å². The van der Waals surface area contributed by atoms with Gasteiger partial charge >= 0.3 is 0 Å². The Labute approximate surface area is 161 Å². The maximum absolute atomic E-state index is 12.9. The molecule has 1 saturated heterocycles. The van der Waals surface area contributed by atoms with Crippen LogP contribution in [0.5, 0.6) is 0 Å². The zero-order chi connectivity index (χ0) is 18.8. The van der Waals surface area contributed by atoms with Crippen LogP contribution in [0.3, 0.4) is 0 Å². The minimum absolute atomic E-state index is 0.0115. The molecule has 4 rings (SSSR count). The van der Waals surface area contributed by atoms with Crippen molar-refractivity contribution >= 4 is 33.1 Å². The Bertz CT molecular complexity index is 977. The van der Waals surface area contributed by atoms with E-state index >= 15 is 0 Å². The van der Waals surface area contributed by atoms with E-state index in [4.69, 9.17) is 0 Å². The predicted octanol–water partition coefficient (Wildman–Crippen LogP) is 2.77. The van der Waals surface area contributed by atoms with Crippen LogP contribution in [0.4, 0.5) is 0 Å². The summed E-state index contributed by atoms with van der Waals surface area (Å²) < 4.78 is 3.05. The van der Waals surface area contributed by atoms with Gasteiger partial charge in [-0.05, 0) is 6.07 Å². The summed E-state index contributed by atoms with van der Waals surface area (Å²) in [5.74, 6) is 0.910. The molecule has 3 aromatic rings. The fourth-order valence-electron chi connectivity index (χ4n) is 3.62. The summed E-state index contributed by atoms with van der Waals surface area (Å²) in [7, 11) is 1.94. The molecule has 1 aromatic carbocycles. The number of ketones is 1. The van der Waals surface area contributed by atoms with Crippen molar-refractivity contribution in [1.29, 1.82) is 0 Å². The standard InChI is InChI=1S/C20H22N4O2S/c1-23-10-9-22-20(23)16-12-21-8-11-24(16)19(26)7-6-17(25)15-13-27-18-5-3-2-4-14(15)18/h2-5,9-10,13,16,21H,6-8,11-12H2,1H3. The van der Waals surface area contributed by atoms with Crippen molar-refractivity contribution < 1.29 is 9.59 Å². The van der Waals surface area contributed by atoms with Gasteiger partial charge in [0.05, 0.1) is 0 Å². The van der Waals surface area contributed by atoms with E-state index in [0.29, 0.717) is 13.1 Å². The molecule has 27 heavy (non-hydrogen) atoms. The van der Waals surface area contributed by atoms with Crippen molar-refractivity contribution in [1.82, 2.24) is 19.8 Å². The van der Waals surface area contributed by atoms with Gasteiger partial charge in [-0.25, -0.2) is 4.98 Å². The van der Waals surface area contributed by atoms with Gasteiger partial charge in [0.1, 0.15) is 11.9 Å². The maximum atomic E-state index is 12.9. The van der Waals surface area contributed by atoms with E-state index in [1.165, 1.54) is 0 Å². The number of fused-ring (bicyclic) bond motifs is 1. The number of hydrogen-bond donors (Lipinski definition) is 1. The summed E-state index contributed by atoms with van der Waals surface area (Å²) in [6, 6.07) is 7.80. The Balaban J connectivity index is 1.45. The van der Waals surface area contributed by atoms with Crippen LogP contribution in [0.1, 0.15) is 35.1 Å². The van der Waals surface area contributed by atoms with Gasteiger partial charge in [-0.15, -0.1) is 11.3 Å². The number of aryl methyl sites for hydroxylation is 1. The SMILES string of the molecule is Cn1ccnc1C1CNCCN1C(=O)CCC(=O)c1csc2ccccc12.